The van der Waals surface area contributed by atoms with E-state index in [1.807, 2.05) is 12.1 Å². The van der Waals surface area contributed by atoms with E-state index in [2.05, 4.69) is 38.5 Å². The number of hydrogen-bond acceptors (Lipinski definition) is 3. The van der Waals surface area contributed by atoms with Crippen LogP contribution in [0.2, 0.25) is 0 Å². The number of benzene rings is 1. The zero-order valence-electron chi connectivity index (χ0n) is 14.8. The summed E-state index contributed by atoms with van der Waals surface area (Å²) in [6.07, 6.45) is 6.27. The Balaban J connectivity index is 1.44. The molecule has 3 aliphatic rings. The van der Waals surface area contributed by atoms with Crippen LogP contribution in [0, 0.1) is 5.41 Å². The predicted octanol–water partition coefficient (Wildman–Crippen LogP) is 6.25. The Bertz CT molecular complexity index is 775. The first-order valence-electron chi connectivity index (χ1n) is 9.15. The van der Waals surface area contributed by atoms with Crippen LogP contribution in [0.25, 0.3) is 0 Å². The van der Waals surface area contributed by atoms with Gasteiger partial charge in [0.05, 0.1) is 5.69 Å². The number of alkyl halides is 2. The number of halogens is 3. The average molecular weight is 425 g/mol. The van der Waals surface area contributed by atoms with Gasteiger partial charge in [0.2, 0.25) is 5.76 Å². The summed E-state index contributed by atoms with van der Waals surface area (Å²) in [5.74, 6) is -3.29. The zero-order valence-corrected chi connectivity index (χ0v) is 16.4. The molecule has 5 rings (SSSR count). The fraction of sp³-hybridized carbons (Fsp3) is 0.550. The lowest BCUT2D eigenvalue weighted by atomic mass is 9.52. The molecular formula is C20H23BrF2N2O. The Morgan fingerprint density at radius 3 is 2.42 bits per heavy atom. The van der Waals surface area contributed by atoms with E-state index in [1.54, 1.807) is 0 Å². The molecule has 1 aromatic carbocycles. The smallest absolute Gasteiger partial charge is 0.304 e. The van der Waals surface area contributed by atoms with Gasteiger partial charge in [-0.05, 0) is 62.1 Å². The van der Waals surface area contributed by atoms with Crippen LogP contribution in [0.5, 0.6) is 0 Å². The van der Waals surface area contributed by atoms with Gasteiger partial charge >= 0.3 is 5.92 Å². The molecule has 6 heteroatoms. The predicted molar refractivity (Wildman–Crippen MR) is 101 cm³/mol. The third-order valence-electron chi connectivity index (χ3n) is 6.38. The lowest BCUT2D eigenvalue weighted by molar-refractivity contribution is -0.0107. The lowest BCUT2D eigenvalue weighted by Crippen LogP contribution is -2.47. The van der Waals surface area contributed by atoms with E-state index in [-0.39, 0.29) is 11.2 Å². The zero-order chi connectivity index (χ0) is 18.4. The van der Waals surface area contributed by atoms with Crippen molar-refractivity contribution in [3.63, 3.8) is 0 Å². The SMILES string of the molecule is CC(F)(F)c1cc(C23CCC(CNc4cccc(Br)c4)(CC2)CC3)no1. The Labute approximate surface area is 160 Å². The van der Waals surface area contributed by atoms with Crippen LogP contribution in [0.1, 0.15) is 56.9 Å². The molecule has 0 radical (unpaired) electrons. The first-order chi connectivity index (χ1) is 12.3. The van der Waals surface area contributed by atoms with Crippen LogP contribution < -0.4 is 5.32 Å². The van der Waals surface area contributed by atoms with Crippen molar-refractivity contribution >= 4 is 21.6 Å². The number of hydrogen-bond donors (Lipinski definition) is 1. The summed E-state index contributed by atoms with van der Waals surface area (Å²) in [7, 11) is 0. The van der Waals surface area contributed by atoms with E-state index < -0.39 is 5.92 Å². The summed E-state index contributed by atoms with van der Waals surface area (Å²) in [5, 5.41) is 7.61. The maximum Gasteiger partial charge on any atom is 0.304 e. The van der Waals surface area contributed by atoms with E-state index in [0.29, 0.717) is 5.41 Å². The van der Waals surface area contributed by atoms with Crippen LogP contribution >= 0.6 is 15.9 Å². The quantitative estimate of drug-likeness (QED) is 0.615. The van der Waals surface area contributed by atoms with Crippen LogP contribution in [0.15, 0.2) is 39.3 Å². The molecule has 0 saturated heterocycles. The Kier molecular flexibility index (Phi) is 4.37. The van der Waals surface area contributed by atoms with E-state index >= 15 is 0 Å². The van der Waals surface area contributed by atoms with E-state index in [4.69, 9.17) is 4.52 Å². The van der Waals surface area contributed by atoms with Crippen LogP contribution in [0.4, 0.5) is 14.5 Å². The molecule has 2 bridgehead atoms. The van der Waals surface area contributed by atoms with E-state index in [1.165, 1.54) is 6.07 Å². The summed E-state index contributed by atoms with van der Waals surface area (Å²) in [5.41, 5.74) is 2.07. The highest BCUT2D eigenvalue weighted by Crippen LogP contribution is 2.57. The molecule has 3 saturated carbocycles. The van der Waals surface area contributed by atoms with Crippen molar-refractivity contribution in [1.29, 1.82) is 0 Å². The van der Waals surface area contributed by atoms with Gasteiger partial charge in [0.25, 0.3) is 0 Å². The maximum absolute atomic E-state index is 13.5. The monoisotopic (exact) mass is 424 g/mol. The number of aromatic nitrogens is 1. The molecule has 0 spiro atoms. The van der Waals surface area contributed by atoms with Crippen molar-refractivity contribution in [3.05, 3.63) is 46.3 Å². The van der Waals surface area contributed by atoms with Crippen LogP contribution in [-0.4, -0.2) is 11.7 Å². The number of nitrogens with one attached hydrogen (secondary N) is 1. The van der Waals surface area contributed by atoms with Crippen LogP contribution in [0.3, 0.4) is 0 Å². The molecule has 1 heterocycles. The number of anilines is 1. The number of nitrogens with zero attached hydrogens (tertiary/aromatic N) is 1. The second kappa shape index (κ2) is 6.32. The van der Waals surface area contributed by atoms with Crippen LogP contribution in [-0.2, 0) is 11.3 Å². The highest BCUT2D eigenvalue weighted by molar-refractivity contribution is 9.10. The molecule has 0 atom stereocenters. The summed E-state index contributed by atoms with van der Waals surface area (Å²) in [6.45, 7) is 1.81. The molecule has 26 heavy (non-hydrogen) atoms. The van der Waals surface area contributed by atoms with Gasteiger partial charge in [-0.2, -0.15) is 8.78 Å². The Morgan fingerprint density at radius 2 is 1.85 bits per heavy atom. The first kappa shape index (κ1) is 18.0. The molecule has 1 aromatic heterocycles. The van der Waals surface area contributed by atoms with Crippen molar-refractivity contribution in [1.82, 2.24) is 5.16 Å². The standard InChI is InChI=1S/C20H23BrF2N2O/c1-18(22,23)17-12-16(25-26-17)20-8-5-19(6-9-20,7-10-20)13-24-15-4-2-3-14(21)11-15/h2-4,11-12,24H,5-10,13H2,1H3. The minimum atomic E-state index is -2.97. The minimum Gasteiger partial charge on any atom is -0.384 e. The molecule has 2 aromatic rings. The van der Waals surface area contributed by atoms with Gasteiger partial charge in [0, 0.05) is 35.1 Å². The van der Waals surface area contributed by atoms with Gasteiger partial charge in [0.1, 0.15) is 0 Å². The molecule has 3 nitrogen and oxygen atoms in total. The normalized spacial score (nSPS) is 28.3. The van der Waals surface area contributed by atoms with Gasteiger partial charge in [-0.15, -0.1) is 0 Å². The molecule has 3 aliphatic carbocycles. The molecule has 3 fully saturated rings. The summed E-state index contributed by atoms with van der Waals surface area (Å²) < 4.78 is 33.0. The second-order valence-corrected chi connectivity index (χ2v) is 9.02. The van der Waals surface area contributed by atoms with E-state index in [0.717, 1.165) is 67.8 Å². The number of fused-ring (bicyclic) bond motifs is 3. The fourth-order valence-corrected chi connectivity index (χ4v) is 4.93. The third kappa shape index (κ3) is 3.28. The lowest BCUT2D eigenvalue weighted by Gasteiger charge is -2.53. The van der Waals surface area contributed by atoms with Crippen molar-refractivity contribution in [2.24, 2.45) is 5.41 Å². The summed E-state index contributed by atoms with van der Waals surface area (Å²) >= 11 is 3.51. The third-order valence-corrected chi connectivity index (χ3v) is 6.87. The fourth-order valence-electron chi connectivity index (χ4n) is 4.53. The molecule has 0 unspecified atom stereocenters. The number of rotatable bonds is 5. The van der Waals surface area contributed by atoms with Crippen molar-refractivity contribution < 1.29 is 13.3 Å². The first-order valence-corrected chi connectivity index (χ1v) is 9.95. The van der Waals surface area contributed by atoms with Gasteiger partial charge in [0.15, 0.2) is 0 Å². The van der Waals surface area contributed by atoms with Gasteiger partial charge < -0.3 is 9.84 Å². The Hall–Kier alpha value is -1.43. The van der Waals surface area contributed by atoms with Gasteiger partial charge in [-0.1, -0.05) is 27.2 Å². The molecule has 140 valence electrons. The summed E-state index contributed by atoms with van der Waals surface area (Å²) in [4.78, 5) is 0. The van der Waals surface area contributed by atoms with Crippen molar-refractivity contribution in [3.8, 4) is 0 Å². The largest absolute Gasteiger partial charge is 0.384 e. The van der Waals surface area contributed by atoms with Gasteiger partial charge in [-0.25, -0.2) is 0 Å². The topological polar surface area (TPSA) is 38.1 Å². The average Bonchev–Trinajstić information content (AvgIpc) is 3.13. The van der Waals surface area contributed by atoms with Crippen molar-refractivity contribution in [2.75, 3.05) is 11.9 Å². The van der Waals surface area contributed by atoms with Gasteiger partial charge in [-0.3, -0.25) is 0 Å². The van der Waals surface area contributed by atoms with E-state index in [9.17, 15) is 8.78 Å². The second-order valence-electron chi connectivity index (χ2n) is 8.11. The molecule has 1 N–H and O–H groups in total. The Morgan fingerprint density at radius 1 is 1.15 bits per heavy atom. The molecule has 0 aliphatic heterocycles. The van der Waals surface area contributed by atoms with Crippen molar-refractivity contribution in [2.45, 2.75) is 56.8 Å². The highest BCUT2D eigenvalue weighted by atomic mass is 79.9. The maximum atomic E-state index is 13.5. The molecular weight excluding hydrogens is 402 g/mol. The summed E-state index contributed by atoms with van der Waals surface area (Å²) in [6, 6.07) is 9.71. The highest BCUT2D eigenvalue weighted by Gasteiger charge is 2.51. The molecule has 0 amide bonds. The minimum absolute atomic E-state index is 0.0788.